The van der Waals surface area contributed by atoms with Gasteiger partial charge in [0.2, 0.25) is 0 Å². The van der Waals surface area contributed by atoms with Gasteiger partial charge in [0.1, 0.15) is 5.75 Å². The Kier molecular flexibility index (Phi) is 4.59. The molecule has 2 rings (SSSR count). The third kappa shape index (κ3) is 2.98. The van der Waals surface area contributed by atoms with E-state index in [0.29, 0.717) is 6.61 Å². The number of aryl methyl sites for hydroxylation is 1. The number of benzene rings is 1. The Morgan fingerprint density at radius 3 is 2.74 bits per heavy atom. The van der Waals surface area contributed by atoms with Crippen molar-refractivity contribution in [2.45, 2.75) is 27.2 Å². The van der Waals surface area contributed by atoms with Crippen LogP contribution in [0.1, 0.15) is 36.2 Å². The van der Waals surface area contributed by atoms with Crippen LogP contribution in [0.3, 0.4) is 0 Å². The first kappa shape index (κ1) is 14.1. The molecule has 0 amide bonds. The number of ether oxygens (including phenoxy) is 1. The number of hydrogen-bond donors (Lipinski definition) is 0. The smallest absolute Gasteiger partial charge is 0.171 e. The summed E-state index contributed by atoms with van der Waals surface area (Å²) in [7, 11) is 0. The number of hydrogen-bond acceptors (Lipinski definition) is 3. The molecule has 1 atom stereocenters. The van der Waals surface area contributed by atoms with Gasteiger partial charge in [-0.1, -0.05) is 26.0 Å². The molecule has 1 aliphatic heterocycles. The van der Waals surface area contributed by atoms with Gasteiger partial charge in [0.05, 0.1) is 12.2 Å². The third-order valence-electron chi connectivity index (χ3n) is 3.93. The molecular weight excluding hydrogens is 238 g/mol. The SMILES string of the molecule is CCN(CC)CC1CCOc2c(C)cccc2C1=O. The van der Waals surface area contributed by atoms with Crippen molar-refractivity contribution in [2.24, 2.45) is 5.92 Å². The van der Waals surface area contributed by atoms with E-state index >= 15 is 0 Å². The zero-order chi connectivity index (χ0) is 13.8. The average molecular weight is 261 g/mol. The van der Waals surface area contributed by atoms with E-state index in [1.54, 1.807) is 0 Å². The first-order valence-electron chi connectivity index (χ1n) is 7.16. The van der Waals surface area contributed by atoms with Crippen molar-refractivity contribution in [3.63, 3.8) is 0 Å². The second-order valence-corrected chi connectivity index (χ2v) is 5.14. The van der Waals surface area contributed by atoms with Gasteiger partial charge in [0.15, 0.2) is 5.78 Å². The van der Waals surface area contributed by atoms with Crippen molar-refractivity contribution >= 4 is 5.78 Å². The number of nitrogens with zero attached hydrogens (tertiary/aromatic N) is 1. The van der Waals surface area contributed by atoms with Crippen LogP contribution in [0.5, 0.6) is 5.75 Å². The molecule has 0 bridgehead atoms. The van der Waals surface area contributed by atoms with Gasteiger partial charge in [-0.15, -0.1) is 0 Å². The lowest BCUT2D eigenvalue weighted by Gasteiger charge is -2.23. The molecule has 0 aromatic heterocycles. The van der Waals surface area contributed by atoms with Crippen molar-refractivity contribution in [1.29, 1.82) is 0 Å². The molecule has 0 fully saturated rings. The van der Waals surface area contributed by atoms with Gasteiger partial charge in [-0.3, -0.25) is 4.79 Å². The monoisotopic (exact) mass is 261 g/mol. The van der Waals surface area contributed by atoms with Gasteiger partial charge in [0, 0.05) is 12.5 Å². The zero-order valence-corrected chi connectivity index (χ0v) is 12.1. The second kappa shape index (κ2) is 6.20. The van der Waals surface area contributed by atoms with Crippen LogP contribution < -0.4 is 4.74 Å². The molecule has 104 valence electrons. The Bertz CT molecular complexity index is 452. The van der Waals surface area contributed by atoms with Crippen molar-refractivity contribution in [1.82, 2.24) is 4.90 Å². The molecular formula is C16H23NO2. The highest BCUT2D eigenvalue weighted by molar-refractivity contribution is 6.01. The number of carbonyl (C=O) groups is 1. The summed E-state index contributed by atoms with van der Waals surface area (Å²) in [5.74, 6) is 1.08. The van der Waals surface area contributed by atoms with Crippen LogP contribution in [0, 0.1) is 12.8 Å². The molecule has 1 aliphatic rings. The fourth-order valence-corrected chi connectivity index (χ4v) is 2.66. The summed E-state index contributed by atoms with van der Waals surface area (Å²) in [6.45, 7) is 9.72. The predicted molar refractivity (Wildman–Crippen MR) is 76.9 cm³/mol. The van der Waals surface area contributed by atoms with E-state index < -0.39 is 0 Å². The molecule has 1 aromatic rings. The number of rotatable bonds is 4. The summed E-state index contributed by atoms with van der Waals surface area (Å²) in [4.78, 5) is 15.0. The van der Waals surface area contributed by atoms with Crippen molar-refractivity contribution in [2.75, 3.05) is 26.2 Å². The summed E-state index contributed by atoms with van der Waals surface area (Å²) in [6.07, 6.45) is 0.809. The van der Waals surface area contributed by atoms with Gasteiger partial charge in [-0.05, 0) is 38.1 Å². The first-order valence-corrected chi connectivity index (χ1v) is 7.16. The van der Waals surface area contributed by atoms with Crippen molar-refractivity contribution in [3.8, 4) is 5.75 Å². The molecule has 0 saturated carbocycles. The molecule has 0 radical (unpaired) electrons. The van der Waals surface area contributed by atoms with Crippen LogP contribution in [-0.4, -0.2) is 36.9 Å². The largest absolute Gasteiger partial charge is 0.493 e. The third-order valence-corrected chi connectivity index (χ3v) is 3.93. The first-order chi connectivity index (χ1) is 9.17. The Morgan fingerprint density at radius 1 is 1.32 bits per heavy atom. The quantitative estimate of drug-likeness (QED) is 0.834. The normalized spacial score (nSPS) is 18.9. The van der Waals surface area contributed by atoms with Gasteiger partial charge in [-0.25, -0.2) is 0 Å². The van der Waals surface area contributed by atoms with Crippen LogP contribution in [0.2, 0.25) is 0 Å². The van der Waals surface area contributed by atoms with Crippen LogP contribution in [-0.2, 0) is 0 Å². The topological polar surface area (TPSA) is 29.5 Å². The van der Waals surface area contributed by atoms with E-state index in [1.165, 1.54) is 0 Å². The van der Waals surface area contributed by atoms with E-state index in [4.69, 9.17) is 4.74 Å². The van der Waals surface area contributed by atoms with Gasteiger partial charge in [0.25, 0.3) is 0 Å². The van der Waals surface area contributed by atoms with Crippen LogP contribution in [0.15, 0.2) is 18.2 Å². The number of ketones is 1. The maximum atomic E-state index is 12.6. The molecule has 1 aromatic carbocycles. The van der Waals surface area contributed by atoms with Gasteiger partial charge in [-0.2, -0.15) is 0 Å². The molecule has 0 N–H and O–H groups in total. The van der Waals surface area contributed by atoms with Crippen LogP contribution >= 0.6 is 0 Å². The van der Waals surface area contributed by atoms with E-state index in [9.17, 15) is 4.79 Å². The summed E-state index contributed by atoms with van der Waals surface area (Å²) >= 11 is 0. The Morgan fingerprint density at radius 2 is 2.05 bits per heavy atom. The summed E-state index contributed by atoms with van der Waals surface area (Å²) < 4.78 is 5.79. The lowest BCUT2D eigenvalue weighted by molar-refractivity contribution is 0.0877. The summed E-state index contributed by atoms with van der Waals surface area (Å²) in [5, 5.41) is 0. The molecule has 0 aliphatic carbocycles. The number of carbonyl (C=O) groups excluding carboxylic acids is 1. The van der Waals surface area contributed by atoms with Crippen molar-refractivity contribution in [3.05, 3.63) is 29.3 Å². The van der Waals surface area contributed by atoms with Crippen LogP contribution in [0.4, 0.5) is 0 Å². The highest BCUT2D eigenvalue weighted by atomic mass is 16.5. The Balaban J connectivity index is 2.24. The molecule has 1 heterocycles. The standard InChI is InChI=1S/C16H23NO2/c1-4-17(5-2)11-13-9-10-19-16-12(3)7-6-8-14(16)15(13)18/h6-8,13H,4-5,9-11H2,1-3H3. The predicted octanol–water partition coefficient (Wildman–Crippen LogP) is 2.92. The van der Waals surface area contributed by atoms with Gasteiger partial charge < -0.3 is 9.64 Å². The summed E-state index contributed by atoms with van der Waals surface area (Å²) in [5.41, 5.74) is 1.81. The van der Waals surface area contributed by atoms with E-state index in [-0.39, 0.29) is 11.7 Å². The average Bonchev–Trinajstić information content (AvgIpc) is 2.58. The minimum Gasteiger partial charge on any atom is -0.493 e. The summed E-state index contributed by atoms with van der Waals surface area (Å²) in [6, 6.07) is 5.83. The van der Waals surface area contributed by atoms with Crippen LogP contribution in [0.25, 0.3) is 0 Å². The Labute approximate surface area is 115 Å². The minimum atomic E-state index is 0.0583. The minimum absolute atomic E-state index is 0.0583. The van der Waals surface area contributed by atoms with E-state index in [2.05, 4.69) is 18.7 Å². The van der Waals surface area contributed by atoms with E-state index in [0.717, 1.165) is 42.9 Å². The fourth-order valence-electron chi connectivity index (χ4n) is 2.66. The molecule has 19 heavy (non-hydrogen) atoms. The highest BCUT2D eigenvalue weighted by Gasteiger charge is 2.28. The molecule has 1 unspecified atom stereocenters. The molecule has 0 spiro atoms. The number of fused-ring (bicyclic) bond motifs is 1. The lowest BCUT2D eigenvalue weighted by atomic mass is 9.94. The molecule has 0 saturated heterocycles. The molecule has 3 heteroatoms. The highest BCUT2D eigenvalue weighted by Crippen LogP contribution is 2.30. The Hall–Kier alpha value is -1.35. The number of para-hydroxylation sites is 1. The van der Waals surface area contributed by atoms with Crippen molar-refractivity contribution < 1.29 is 9.53 Å². The maximum absolute atomic E-state index is 12.6. The number of Topliss-reactive ketones (excluding diaryl/α,β-unsaturated/α-hetero) is 1. The zero-order valence-electron chi connectivity index (χ0n) is 12.1. The molecule has 3 nitrogen and oxygen atoms in total. The van der Waals surface area contributed by atoms with Gasteiger partial charge >= 0.3 is 0 Å². The van der Waals surface area contributed by atoms with E-state index in [1.807, 2.05) is 25.1 Å². The maximum Gasteiger partial charge on any atom is 0.171 e. The fraction of sp³-hybridized carbons (Fsp3) is 0.562. The lowest BCUT2D eigenvalue weighted by Crippen LogP contribution is -2.33. The second-order valence-electron chi connectivity index (χ2n) is 5.14.